The highest BCUT2D eigenvalue weighted by Gasteiger charge is 2.27. The predicted octanol–water partition coefficient (Wildman–Crippen LogP) is 1.28. The molecule has 150 valence electrons. The second-order valence-electron chi connectivity index (χ2n) is 8.29. The van der Waals surface area contributed by atoms with Crippen LogP contribution in [0.2, 0.25) is 0 Å². The molecule has 5 heteroatoms. The van der Waals surface area contributed by atoms with Crippen LogP contribution in [-0.2, 0) is 11.2 Å². The van der Waals surface area contributed by atoms with E-state index in [0.717, 1.165) is 38.4 Å². The molecular weight excluding hydrogens is 348 g/mol. The largest absolute Gasteiger partial charge is 0.345 e. The average Bonchev–Trinajstić information content (AvgIpc) is 2.69. The standard InChI is InChI=1S/C23H32N4O/c1-18(2)16-20-7-9-21(10-8-20)19(3)25-23(28)17-26-12-14-27(15-13-26)22-6-4-5-11-24-22/h4-11,18-19H,12-17H2,1-3H3,(H,25,28)/p+2/t19-/m1/s1. The fraction of sp³-hybridized carbons (Fsp3) is 0.478. The molecule has 28 heavy (non-hydrogen) atoms. The number of quaternary nitrogens is 1. The summed E-state index contributed by atoms with van der Waals surface area (Å²) in [6.45, 7) is 11.0. The molecule has 1 saturated heterocycles. The third-order valence-electron chi connectivity index (χ3n) is 5.42. The van der Waals surface area contributed by atoms with Crippen molar-refractivity contribution < 1.29 is 14.7 Å². The zero-order chi connectivity index (χ0) is 19.9. The van der Waals surface area contributed by atoms with Crippen LogP contribution in [0.15, 0.2) is 48.7 Å². The molecule has 5 nitrogen and oxygen atoms in total. The van der Waals surface area contributed by atoms with E-state index in [1.165, 1.54) is 16.0 Å². The summed E-state index contributed by atoms with van der Waals surface area (Å²) in [5, 5.41) is 3.17. The van der Waals surface area contributed by atoms with Crippen LogP contribution in [0.25, 0.3) is 0 Å². The first-order valence-corrected chi connectivity index (χ1v) is 10.4. The number of anilines is 1. The second kappa shape index (κ2) is 9.69. The van der Waals surface area contributed by atoms with Gasteiger partial charge in [0.2, 0.25) is 0 Å². The van der Waals surface area contributed by atoms with Gasteiger partial charge in [-0.1, -0.05) is 44.2 Å². The van der Waals surface area contributed by atoms with E-state index in [9.17, 15) is 4.79 Å². The third kappa shape index (κ3) is 5.80. The van der Waals surface area contributed by atoms with Crippen LogP contribution in [0, 0.1) is 5.92 Å². The number of nitrogens with zero attached hydrogens (tertiary/aromatic N) is 1. The van der Waals surface area contributed by atoms with Crippen molar-refractivity contribution in [2.45, 2.75) is 33.2 Å². The number of pyridine rings is 1. The van der Waals surface area contributed by atoms with Crippen molar-refractivity contribution in [1.82, 2.24) is 5.32 Å². The molecule has 0 aliphatic carbocycles. The first-order chi connectivity index (χ1) is 13.5. The molecule has 1 aliphatic rings. The predicted molar refractivity (Wildman–Crippen MR) is 112 cm³/mol. The highest BCUT2D eigenvalue weighted by atomic mass is 16.2. The van der Waals surface area contributed by atoms with Gasteiger partial charge in [0.05, 0.1) is 12.2 Å². The molecule has 0 bridgehead atoms. The van der Waals surface area contributed by atoms with Crippen LogP contribution in [-0.4, -0.2) is 38.6 Å². The lowest BCUT2D eigenvalue weighted by Gasteiger charge is -2.28. The normalized spacial score (nSPS) is 16.2. The number of nitrogens with one attached hydrogen (secondary N) is 3. The van der Waals surface area contributed by atoms with Crippen LogP contribution in [0.3, 0.4) is 0 Å². The van der Waals surface area contributed by atoms with Gasteiger partial charge >= 0.3 is 0 Å². The van der Waals surface area contributed by atoms with Gasteiger partial charge in [-0.2, -0.15) is 0 Å². The van der Waals surface area contributed by atoms with Crippen LogP contribution in [0.4, 0.5) is 5.82 Å². The summed E-state index contributed by atoms with van der Waals surface area (Å²) in [6.07, 6.45) is 3.05. The quantitative estimate of drug-likeness (QED) is 0.758. The lowest BCUT2D eigenvalue weighted by atomic mass is 10.00. The minimum Gasteiger partial charge on any atom is -0.345 e. The van der Waals surface area contributed by atoms with Crippen molar-refractivity contribution in [3.05, 3.63) is 59.8 Å². The van der Waals surface area contributed by atoms with E-state index >= 15 is 0 Å². The maximum Gasteiger partial charge on any atom is 0.275 e. The Morgan fingerprint density at radius 1 is 1.11 bits per heavy atom. The number of benzene rings is 1. The van der Waals surface area contributed by atoms with E-state index < -0.39 is 0 Å². The Bertz CT molecular complexity index is 737. The fourth-order valence-corrected chi connectivity index (χ4v) is 3.84. The van der Waals surface area contributed by atoms with Crippen LogP contribution in [0.1, 0.15) is 37.9 Å². The van der Waals surface area contributed by atoms with Gasteiger partial charge in [-0.05, 0) is 36.5 Å². The van der Waals surface area contributed by atoms with Gasteiger partial charge in [-0.25, -0.2) is 4.98 Å². The first-order valence-electron chi connectivity index (χ1n) is 10.4. The Morgan fingerprint density at radius 3 is 2.43 bits per heavy atom. The van der Waals surface area contributed by atoms with Crippen LogP contribution >= 0.6 is 0 Å². The van der Waals surface area contributed by atoms with E-state index in [-0.39, 0.29) is 11.9 Å². The van der Waals surface area contributed by atoms with Crippen LogP contribution < -0.4 is 20.1 Å². The third-order valence-corrected chi connectivity index (χ3v) is 5.42. The monoisotopic (exact) mass is 382 g/mol. The number of amides is 1. The van der Waals surface area contributed by atoms with Gasteiger partial charge in [0.1, 0.15) is 26.2 Å². The summed E-state index contributed by atoms with van der Waals surface area (Å²) in [5.41, 5.74) is 2.52. The molecule has 1 aromatic heterocycles. The Morgan fingerprint density at radius 2 is 1.82 bits per heavy atom. The summed E-state index contributed by atoms with van der Waals surface area (Å²) >= 11 is 0. The van der Waals surface area contributed by atoms with E-state index in [0.29, 0.717) is 12.5 Å². The van der Waals surface area contributed by atoms with Crippen molar-refractivity contribution in [3.8, 4) is 0 Å². The summed E-state index contributed by atoms with van der Waals surface area (Å²) in [4.78, 5) is 19.5. The van der Waals surface area contributed by atoms with Crippen molar-refractivity contribution in [2.24, 2.45) is 5.92 Å². The number of aromatic nitrogens is 1. The van der Waals surface area contributed by atoms with Gasteiger partial charge in [-0.3, -0.25) is 9.69 Å². The number of aromatic amines is 1. The SMILES string of the molecule is CC(C)Cc1ccc([C@@H](C)NC(=O)C[NH+]2CCN(c3cccc[nH+]3)CC2)cc1. The molecule has 1 aromatic carbocycles. The summed E-state index contributed by atoms with van der Waals surface area (Å²) in [6, 6.07) is 14.8. The molecule has 0 radical (unpaired) electrons. The fourth-order valence-electron chi connectivity index (χ4n) is 3.84. The number of rotatable bonds is 7. The van der Waals surface area contributed by atoms with Crippen molar-refractivity contribution >= 4 is 11.7 Å². The Kier molecular flexibility index (Phi) is 7.04. The van der Waals surface area contributed by atoms with E-state index in [2.05, 4.69) is 72.4 Å². The summed E-state index contributed by atoms with van der Waals surface area (Å²) < 4.78 is 0. The average molecular weight is 383 g/mol. The lowest BCUT2D eigenvalue weighted by molar-refractivity contribution is -0.892. The minimum atomic E-state index is 0.0419. The number of piperazine rings is 1. The Balaban J connectivity index is 1.44. The summed E-state index contributed by atoms with van der Waals surface area (Å²) in [5.74, 6) is 1.94. The molecule has 3 rings (SSSR count). The Labute approximate surface area is 168 Å². The number of hydrogen-bond acceptors (Lipinski definition) is 2. The van der Waals surface area contributed by atoms with Crippen molar-refractivity contribution in [2.75, 3.05) is 37.6 Å². The van der Waals surface area contributed by atoms with E-state index in [1.807, 2.05) is 12.3 Å². The highest BCUT2D eigenvalue weighted by molar-refractivity contribution is 5.77. The lowest BCUT2D eigenvalue weighted by Crippen LogP contribution is -3.16. The molecule has 2 heterocycles. The van der Waals surface area contributed by atoms with Gasteiger partial charge in [-0.15, -0.1) is 0 Å². The van der Waals surface area contributed by atoms with E-state index in [4.69, 9.17) is 0 Å². The molecule has 2 aromatic rings. The molecule has 3 N–H and O–H groups in total. The Hall–Kier alpha value is -2.40. The smallest absolute Gasteiger partial charge is 0.275 e. The first kappa shape index (κ1) is 20.3. The zero-order valence-electron chi connectivity index (χ0n) is 17.4. The van der Waals surface area contributed by atoms with Crippen molar-refractivity contribution in [1.29, 1.82) is 0 Å². The molecule has 1 amide bonds. The maximum atomic E-state index is 12.5. The summed E-state index contributed by atoms with van der Waals surface area (Å²) in [7, 11) is 0. The number of carbonyl (C=O) groups is 1. The molecule has 1 atom stereocenters. The molecule has 0 spiro atoms. The number of hydrogen-bond donors (Lipinski definition) is 2. The zero-order valence-corrected chi connectivity index (χ0v) is 17.4. The topological polar surface area (TPSA) is 50.9 Å². The van der Waals surface area contributed by atoms with Gasteiger partial charge in [0.25, 0.3) is 11.7 Å². The highest BCUT2D eigenvalue weighted by Crippen LogP contribution is 2.15. The van der Waals surface area contributed by atoms with Gasteiger partial charge in [0, 0.05) is 6.07 Å². The van der Waals surface area contributed by atoms with Gasteiger partial charge in [0.15, 0.2) is 6.54 Å². The van der Waals surface area contributed by atoms with E-state index in [1.54, 1.807) is 0 Å². The second-order valence-corrected chi connectivity index (χ2v) is 8.29. The molecule has 1 aliphatic heterocycles. The number of H-pyrrole nitrogens is 1. The maximum absolute atomic E-state index is 12.5. The minimum absolute atomic E-state index is 0.0419. The van der Waals surface area contributed by atoms with Crippen molar-refractivity contribution in [3.63, 3.8) is 0 Å². The molecule has 0 unspecified atom stereocenters. The van der Waals surface area contributed by atoms with Crippen LogP contribution in [0.5, 0.6) is 0 Å². The van der Waals surface area contributed by atoms with Gasteiger partial charge < -0.3 is 10.2 Å². The number of carbonyl (C=O) groups excluding carboxylic acids is 1. The molecule has 0 saturated carbocycles. The molecule has 1 fully saturated rings. The molecular formula is C23H34N4O+2.